The SMILES string of the molecule is CCOC(=O)[C@@](C)(O)C(C)(C)O. The molecule has 0 aliphatic carbocycles. The standard InChI is InChI=1S/C8H16O4/c1-5-12-6(9)8(4,11)7(2,3)10/h10-11H,5H2,1-4H3/t8-/m1/s1. The van der Waals surface area contributed by atoms with Crippen LogP contribution in [0.2, 0.25) is 0 Å². The van der Waals surface area contributed by atoms with Gasteiger partial charge in [-0.1, -0.05) is 0 Å². The van der Waals surface area contributed by atoms with Gasteiger partial charge in [0.25, 0.3) is 0 Å². The lowest BCUT2D eigenvalue weighted by Gasteiger charge is -2.32. The van der Waals surface area contributed by atoms with Crippen molar-refractivity contribution in [3.63, 3.8) is 0 Å². The quantitative estimate of drug-likeness (QED) is 0.597. The van der Waals surface area contributed by atoms with Gasteiger partial charge in [0.2, 0.25) is 0 Å². The zero-order chi connectivity index (χ0) is 9.99. The van der Waals surface area contributed by atoms with E-state index in [4.69, 9.17) is 0 Å². The Balaban J connectivity index is 4.50. The third kappa shape index (κ3) is 2.19. The Morgan fingerprint density at radius 3 is 2.00 bits per heavy atom. The second-order valence-electron chi connectivity index (χ2n) is 3.35. The van der Waals surface area contributed by atoms with E-state index in [1.54, 1.807) is 6.92 Å². The van der Waals surface area contributed by atoms with Gasteiger partial charge in [0.15, 0.2) is 5.60 Å². The van der Waals surface area contributed by atoms with Gasteiger partial charge in [0.05, 0.1) is 12.2 Å². The van der Waals surface area contributed by atoms with E-state index in [1.807, 2.05) is 0 Å². The van der Waals surface area contributed by atoms with Crippen molar-refractivity contribution in [2.45, 2.75) is 38.9 Å². The lowest BCUT2D eigenvalue weighted by atomic mass is 9.88. The van der Waals surface area contributed by atoms with Crippen molar-refractivity contribution < 1.29 is 19.7 Å². The smallest absolute Gasteiger partial charge is 0.340 e. The van der Waals surface area contributed by atoms with Crippen LogP contribution in [-0.4, -0.2) is 34.0 Å². The molecule has 0 saturated heterocycles. The Bertz CT molecular complexity index is 166. The number of aliphatic hydroxyl groups is 2. The molecule has 0 unspecified atom stereocenters. The maximum Gasteiger partial charge on any atom is 0.340 e. The van der Waals surface area contributed by atoms with Gasteiger partial charge in [-0.3, -0.25) is 0 Å². The maximum atomic E-state index is 11.1. The molecule has 1 atom stereocenters. The normalized spacial score (nSPS) is 16.8. The third-order valence-electron chi connectivity index (χ3n) is 1.86. The highest BCUT2D eigenvalue weighted by Gasteiger charge is 2.45. The molecule has 0 bridgehead atoms. The maximum absolute atomic E-state index is 11.1. The molecule has 4 heteroatoms. The van der Waals surface area contributed by atoms with Crippen LogP contribution in [0.4, 0.5) is 0 Å². The summed E-state index contributed by atoms with van der Waals surface area (Å²) in [7, 11) is 0. The van der Waals surface area contributed by atoms with Crippen LogP contribution in [0.1, 0.15) is 27.7 Å². The van der Waals surface area contributed by atoms with Gasteiger partial charge in [-0.05, 0) is 27.7 Å². The molecule has 0 spiro atoms. The lowest BCUT2D eigenvalue weighted by molar-refractivity contribution is -0.187. The minimum Gasteiger partial charge on any atom is -0.464 e. The number of carbonyl (C=O) groups excluding carboxylic acids is 1. The van der Waals surface area contributed by atoms with Gasteiger partial charge in [0.1, 0.15) is 0 Å². The van der Waals surface area contributed by atoms with Crippen LogP contribution < -0.4 is 0 Å². The van der Waals surface area contributed by atoms with E-state index in [9.17, 15) is 15.0 Å². The molecule has 0 fully saturated rings. The molecule has 4 nitrogen and oxygen atoms in total. The lowest BCUT2D eigenvalue weighted by Crippen LogP contribution is -2.54. The van der Waals surface area contributed by atoms with E-state index < -0.39 is 17.2 Å². The first kappa shape index (κ1) is 11.4. The van der Waals surface area contributed by atoms with E-state index in [-0.39, 0.29) is 6.61 Å². The summed E-state index contributed by atoms with van der Waals surface area (Å²) >= 11 is 0. The monoisotopic (exact) mass is 176 g/mol. The molecule has 2 N–H and O–H groups in total. The van der Waals surface area contributed by atoms with E-state index in [2.05, 4.69) is 4.74 Å². The molecule has 0 rings (SSSR count). The van der Waals surface area contributed by atoms with Crippen molar-refractivity contribution in [1.82, 2.24) is 0 Å². The van der Waals surface area contributed by atoms with Gasteiger partial charge >= 0.3 is 5.97 Å². The Morgan fingerprint density at radius 2 is 1.75 bits per heavy atom. The van der Waals surface area contributed by atoms with Crippen molar-refractivity contribution >= 4 is 5.97 Å². The molecule has 12 heavy (non-hydrogen) atoms. The molecule has 0 aliphatic heterocycles. The van der Waals surface area contributed by atoms with Crippen molar-refractivity contribution in [3.8, 4) is 0 Å². The molecule has 0 aliphatic rings. The molecule has 0 aromatic heterocycles. The zero-order valence-electron chi connectivity index (χ0n) is 7.92. The molecule has 0 amide bonds. The highest BCUT2D eigenvalue weighted by molar-refractivity contribution is 5.80. The first-order valence-corrected chi connectivity index (χ1v) is 3.85. The van der Waals surface area contributed by atoms with Crippen molar-refractivity contribution in [1.29, 1.82) is 0 Å². The fourth-order valence-corrected chi connectivity index (χ4v) is 0.521. The Labute approximate surface area is 72.2 Å². The van der Waals surface area contributed by atoms with Crippen LogP contribution in [0.25, 0.3) is 0 Å². The van der Waals surface area contributed by atoms with Gasteiger partial charge in [-0.15, -0.1) is 0 Å². The summed E-state index contributed by atoms with van der Waals surface area (Å²) in [6.07, 6.45) is 0. The minimum absolute atomic E-state index is 0.186. The average Bonchev–Trinajstić information content (AvgIpc) is 1.85. The first-order chi connectivity index (χ1) is 5.23. The Kier molecular flexibility index (Phi) is 3.24. The predicted molar refractivity (Wildman–Crippen MR) is 43.6 cm³/mol. The highest BCUT2D eigenvalue weighted by atomic mass is 16.6. The minimum atomic E-state index is -1.86. The second-order valence-corrected chi connectivity index (χ2v) is 3.35. The number of carbonyl (C=O) groups is 1. The summed E-state index contributed by atoms with van der Waals surface area (Å²) in [5, 5.41) is 18.9. The van der Waals surface area contributed by atoms with Gasteiger partial charge in [-0.2, -0.15) is 0 Å². The van der Waals surface area contributed by atoms with Gasteiger partial charge < -0.3 is 14.9 Å². The molecular formula is C8H16O4. The fraction of sp³-hybridized carbons (Fsp3) is 0.875. The van der Waals surface area contributed by atoms with Crippen molar-refractivity contribution in [2.75, 3.05) is 6.61 Å². The van der Waals surface area contributed by atoms with Crippen LogP contribution in [0.15, 0.2) is 0 Å². The third-order valence-corrected chi connectivity index (χ3v) is 1.86. The van der Waals surface area contributed by atoms with Gasteiger partial charge in [-0.25, -0.2) is 4.79 Å². The summed E-state index contributed by atoms with van der Waals surface area (Å²) in [6.45, 7) is 5.75. The number of rotatable bonds is 3. The summed E-state index contributed by atoms with van der Waals surface area (Å²) < 4.78 is 4.58. The predicted octanol–water partition coefficient (Wildman–Crippen LogP) is 0.0714. The van der Waals surface area contributed by atoms with Crippen LogP contribution in [0, 0.1) is 0 Å². The number of ether oxygens (including phenoxy) is 1. The number of hydrogen-bond acceptors (Lipinski definition) is 4. The van der Waals surface area contributed by atoms with Crippen molar-refractivity contribution in [3.05, 3.63) is 0 Å². The van der Waals surface area contributed by atoms with E-state index in [0.29, 0.717) is 0 Å². The van der Waals surface area contributed by atoms with E-state index >= 15 is 0 Å². The van der Waals surface area contributed by atoms with Crippen LogP contribution in [-0.2, 0) is 9.53 Å². The summed E-state index contributed by atoms with van der Waals surface area (Å²) in [5.41, 5.74) is -3.36. The molecule has 0 heterocycles. The molecular weight excluding hydrogens is 160 g/mol. The Hall–Kier alpha value is -0.610. The largest absolute Gasteiger partial charge is 0.464 e. The molecule has 0 radical (unpaired) electrons. The highest BCUT2D eigenvalue weighted by Crippen LogP contribution is 2.22. The summed E-state index contributed by atoms with van der Waals surface area (Å²) in [5.74, 6) is -0.808. The van der Waals surface area contributed by atoms with Gasteiger partial charge in [0, 0.05) is 0 Å². The summed E-state index contributed by atoms with van der Waals surface area (Å²) in [6, 6.07) is 0. The number of esters is 1. The van der Waals surface area contributed by atoms with E-state index in [0.717, 1.165) is 0 Å². The average molecular weight is 176 g/mol. The second kappa shape index (κ2) is 3.41. The summed E-state index contributed by atoms with van der Waals surface area (Å²) in [4.78, 5) is 11.1. The van der Waals surface area contributed by atoms with Crippen LogP contribution >= 0.6 is 0 Å². The molecule has 72 valence electrons. The zero-order valence-corrected chi connectivity index (χ0v) is 7.92. The van der Waals surface area contributed by atoms with Crippen LogP contribution in [0.5, 0.6) is 0 Å². The topological polar surface area (TPSA) is 66.8 Å². The molecule has 0 aromatic rings. The fourth-order valence-electron chi connectivity index (χ4n) is 0.521. The van der Waals surface area contributed by atoms with Crippen LogP contribution in [0.3, 0.4) is 0 Å². The number of hydrogen-bond donors (Lipinski definition) is 2. The first-order valence-electron chi connectivity index (χ1n) is 3.85. The van der Waals surface area contributed by atoms with Crippen molar-refractivity contribution in [2.24, 2.45) is 0 Å². The molecule has 0 saturated carbocycles. The molecule has 0 aromatic carbocycles. The van der Waals surface area contributed by atoms with E-state index in [1.165, 1.54) is 20.8 Å². The Morgan fingerprint density at radius 1 is 1.33 bits per heavy atom.